The Hall–Kier alpha value is -2.96. The van der Waals surface area contributed by atoms with Gasteiger partial charge in [0.2, 0.25) is 0 Å². The molecule has 0 radical (unpaired) electrons. The summed E-state index contributed by atoms with van der Waals surface area (Å²) >= 11 is 0. The Balaban J connectivity index is 1.51. The van der Waals surface area contributed by atoms with Gasteiger partial charge in [-0.25, -0.2) is 19.0 Å². The maximum atomic E-state index is 12.8. The van der Waals surface area contributed by atoms with E-state index in [4.69, 9.17) is 4.74 Å². The van der Waals surface area contributed by atoms with E-state index in [9.17, 15) is 4.39 Å². The van der Waals surface area contributed by atoms with E-state index in [1.165, 1.54) is 18.5 Å². The highest BCUT2D eigenvalue weighted by atomic mass is 19.1. The van der Waals surface area contributed by atoms with E-state index in [1.54, 1.807) is 29.1 Å². The van der Waals surface area contributed by atoms with E-state index in [2.05, 4.69) is 20.4 Å². The first-order chi connectivity index (χ1) is 10.8. The maximum absolute atomic E-state index is 12.8. The second-order valence-corrected chi connectivity index (χ2v) is 4.44. The van der Waals surface area contributed by atoms with Crippen LogP contribution in [0.2, 0.25) is 0 Å². The molecule has 2 heterocycles. The summed E-state index contributed by atoms with van der Waals surface area (Å²) in [6.45, 7) is 1.000. The minimum atomic E-state index is -0.280. The Morgan fingerprint density at radius 3 is 2.82 bits per heavy atom. The van der Waals surface area contributed by atoms with Crippen LogP contribution in [-0.2, 0) is 0 Å². The molecule has 6 nitrogen and oxygen atoms in total. The molecule has 0 amide bonds. The third-order valence-corrected chi connectivity index (χ3v) is 2.88. The van der Waals surface area contributed by atoms with Crippen LogP contribution in [0.4, 0.5) is 10.2 Å². The standard InChI is InChI=1S/C15H14FN5O/c16-12-2-4-13(5-3-12)22-9-7-17-14-10-15(19-11-18-14)21-8-1-6-20-21/h1-6,8,10-11H,7,9H2,(H,17,18,19). The summed E-state index contributed by atoms with van der Waals surface area (Å²) in [5, 5.41) is 7.25. The summed E-state index contributed by atoms with van der Waals surface area (Å²) in [5.41, 5.74) is 0. The van der Waals surface area contributed by atoms with Crippen molar-refractivity contribution in [1.82, 2.24) is 19.7 Å². The summed E-state index contributed by atoms with van der Waals surface area (Å²) in [4.78, 5) is 8.29. The van der Waals surface area contributed by atoms with E-state index in [0.29, 0.717) is 30.5 Å². The number of nitrogens with one attached hydrogen (secondary N) is 1. The highest BCUT2D eigenvalue weighted by molar-refractivity contribution is 5.39. The zero-order valence-electron chi connectivity index (χ0n) is 11.7. The van der Waals surface area contributed by atoms with Gasteiger partial charge in [0, 0.05) is 18.5 Å². The summed E-state index contributed by atoms with van der Waals surface area (Å²) in [7, 11) is 0. The largest absolute Gasteiger partial charge is 0.492 e. The molecule has 2 aromatic heterocycles. The third kappa shape index (κ3) is 3.57. The third-order valence-electron chi connectivity index (χ3n) is 2.88. The molecule has 0 aliphatic carbocycles. The lowest BCUT2D eigenvalue weighted by Crippen LogP contribution is -2.13. The molecule has 112 valence electrons. The van der Waals surface area contributed by atoms with Crippen molar-refractivity contribution in [2.45, 2.75) is 0 Å². The van der Waals surface area contributed by atoms with Crippen molar-refractivity contribution >= 4 is 5.82 Å². The lowest BCUT2D eigenvalue weighted by atomic mass is 10.3. The van der Waals surface area contributed by atoms with Crippen molar-refractivity contribution in [3.05, 3.63) is 60.9 Å². The van der Waals surface area contributed by atoms with Crippen molar-refractivity contribution < 1.29 is 9.13 Å². The summed E-state index contributed by atoms with van der Waals surface area (Å²) in [6.07, 6.45) is 4.97. The van der Waals surface area contributed by atoms with Crippen LogP contribution in [0.15, 0.2) is 55.1 Å². The first-order valence-corrected chi connectivity index (χ1v) is 6.75. The van der Waals surface area contributed by atoms with Crippen molar-refractivity contribution in [3.8, 4) is 11.6 Å². The molecule has 3 aromatic rings. The van der Waals surface area contributed by atoms with Crippen LogP contribution in [0.3, 0.4) is 0 Å². The van der Waals surface area contributed by atoms with Gasteiger partial charge in [-0.3, -0.25) is 0 Å². The Bertz CT molecular complexity index is 715. The number of ether oxygens (including phenoxy) is 1. The summed E-state index contributed by atoms with van der Waals surface area (Å²) in [6, 6.07) is 9.54. The molecule has 1 aromatic carbocycles. The van der Waals surface area contributed by atoms with Crippen molar-refractivity contribution in [3.63, 3.8) is 0 Å². The van der Waals surface area contributed by atoms with Gasteiger partial charge in [-0.1, -0.05) is 0 Å². The average molecular weight is 299 g/mol. The molecule has 0 fully saturated rings. The van der Waals surface area contributed by atoms with Crippen LogP contribution >= 0.6 is 0 Å². The molecule has 3 rings (SSSR count). The molecule has 7 heteroatoms. The van der Waals surface area contributed by atoms with E-state index < -0.39 is 0 Å². The average Bonchev–Trinajstić information content (AvgIpc) is 3.08. The molecule has 0 saturated heterocycles. The molecule has 0 unspecified atom stereocenters. The Morgan fingerprint density at radius 1 is 1.18 bits per heavy atom. The number of anilines is 1. The molecule has 0 saturated carbocycles. The smallest absolute Gasteiger partial charge is 0.158 e. The predicted octanol–water partition coefficient (Wildman–Crippen LogP) is 2.29. The number of hydrogen-bond acceptors (Lipinski definition) is 5. The zero-order valence-corrected chi connectivity index (χ0v) is 11.7. The lowest BCUT2D eigenvalue weighted by Gasteiger charge is -2.08. The van der Waals surface area contributed by atoms with Gasteiger partial charge in [0.05, 0.1) is 6.54 Å². The minimum Gasteiger partial charge on any atom is -0.492 e. The van der Waals surface area contributed by atoms with Crippen molar-refractivity contribution in [2.24, 2.45) is 0 Å². The molecule has 1 N–H and O–H groups in total. The second-order valence-electron chi connectivity index (χ2n) is 4.44. The minimum absolute atomic E-state index is 0.280. The van der Waals surface area contributed by atoms with E-state index in [1.807, 2.05) is 12.3 Å². The topological polar surface area (TPSA) is 64.9 Å². The molecule has 0 aliphatic rings. The van der Waals surface area contributed by atoms with Crippen LogP contribution in [0, 0.1) is 5.82 Å². The van der Waals surface area contributed by atoms with Gasteiger partial charge in [0.15, 0.2) is 5.82 Å². The summed E-state index contributed by atoms with van der Waals surface area (Å²) in [5.74, 6) is 1.71. The number of halogens is 1. The predicted molar refractivity (Wildman–Crippen MR) is 79.5 cm³/mol. The number of aromatic nitrogens is 4. The molecule has 0 atom stereocenters. The fourth-order valence-electron chi connectivity index (χ4n) is 1.85. The number of rotatable bonds is 6. The van der Waals surface area contributed by atoms with Crippen LogP contribution in [-0.4, -0.2) is 32.9 Å². The van der Waals surface area contributed by atoms with Gasteiger partial charge in [0.1, 0.15) is 30.3 Å². The number of nitrogens with zero attached hydrogens (tertiary/aromatic N) is 4. The molecule has 22 heavy (non-hydrogen) atoms. The van der Waals surface area contributed by atoms with Gasteiger partial charge < -0.3 is 10.1 Å². The fourth-order valence-corrected chi connectivity index (χ4v) is 1.85. The van der Waals surface area contributed by atoms with Gasteiger partial charge in [0.25, 0.3) is 0 Å². The van der Waals surface area contributed by atoms with Gasteiger partial charge in [-0.2, -0.15) is 5.10 Å². The van der Waals surface area contributed by atoms with Gasteiger partial charge in [-0.05, 0) is 30.3 Å². The van der Waals surface area contributed by atoms with Crippen LogP contribution in [0.1, 0.15) is 0 Å². The van der Waals surface area contributed by atoms with Crippen molar-refractivity contribution in [2.75, 3.05) is 18.5 Å². The molecule has 0 bridgehead atoms. The highest BCUT2D eigenvalue weighted by Gasteiger charge is 2.01. The molecule has 0 spiro atoms. The first-order valence-electron chi connectivity index (χ1n) is 6.75. The van der Waals surface area contributed by atoms with Gasteiger partial charge in [-0.15, -0.1) is 0 Å². The second kappa shape index (κ2) is 6.66. The Morgan fingerprint density at radius 2 is 2.05 bits per heavy atom. The van der Waals surface area contributed by atoms with Crippen LogP contribution in [0.25, 0.3) is 5.82 Å². The number of benzene rings is 1. The van der Waals surface area contributed by atoms with Crippen molar-refractivity contribution in [1.29, 1.82) is 0 Å². The zero-order chi connectivity index (χ0) is 15.2. The fraction of sp³-hybridized carbons (Fsp3) is 0.133. The monoisotopic (exact) mass is 299 g/mol. The van der Waals surface area contributed by atoms with Crippen LogP contribution < -0.4 is 10.1 Å². The van der Waals surface area contributed by atoms with E-state index >= 15 is 0 Å². The van der Waals surface area contributed by atoms with E-state index in [-0.39, 0.29) is 5.82 Å². The number of hydrogen-bond donors (Lipinski definition) is 1. The van der Waals surface area contributed by atoms with Crippen LogP contribution in [0.5, 0.6) is 5.75 Å². The molecule has 0 aliphatic heterocycles. The normalized spacial score (nSPS) is 10.4. The van der Waals surface area contributed by atoms with Gasteiger partial charge >= 0.3 is 0 Å². The Kier molecular flexibility index (Phi) is 4.24. The first kappa shape index (κ1) is 14.0. The Labute approximate surface area is 126 Å². The SMILES string of the molecule is Fc1ccc(OCCNc2cc(-n3cccn3)ncn2)cc1. The maximum Gasteiger partial charge on any atom is 0.158 e. The highest BCUT2D eigenvalue weighted by Crippen LogP contribution is 2.11. The molecular weight excluding hydrogens is 285 g/mol. The van der Waals surface area contributed by atoms with E-state index in [0.717, 1.165) is 0 Å². The summed E-state index contributed by atoms with van der Waals surface area (Å²) < 4.78 is 19.9. The molecular formula is C15H14FN5O. The quantitative estimate of drug-likeness (QED) is 0.707. The lowest BCUT2D eigenvalue weighted by molar-refractivity contribution is 0.332.